The first-order chi connectivity index (χ1) is 16.7. The number of aromatic nitrogens is 2. The van der Waals surface area contributed by atoms with E-state index in [1.165, 1.54) is 10.4 Å². The number of carbonyl (C=O) groups is 2. The molecule has 0 radical (unpaired) electrons. The van der Waals surface area contributed by atoms with Crippen LogP contribution in [0.15, 0.2) is 40.4 Å². The lowest BCUT2D eigenvalue weighted by atomic mass is 9.91. The molecule has 3 unspecified atom stereocenters. The number of hydrogen-bond donors (Lipinski definition) is 2. The van der Waals surface area contributed by atoms with Crippen molar-refractivity contribution in [2.45, 2.75) is 65.6 Å². The van der Waals surface area contributed by atoms with Crippen LogP contribution in [0.5, 0.6) is 0 Å². The first kappa shape index (κ1) is 26.6. The Hall–Kier alpha value is -3.04. The molecule has 4 rings (SSSR count). The summed E-state index contributed by atoms with van der Waals surface area (Å²) in [7, 11) is 0. The van der Waals surface area contributed by atoms with Crippen LogP contribution < -0.4 is 5.32 Å². The highest BCUT2D eigenvalue weighted by Crippen LogP contribution is 2.31. The fraction of sp³-hybridized carbons (Fsp3) is 0.462. The third-order valence-electron chi connectivity index (χ3n) is 6.07. The average molecular weight is 499 g/mol. The Balaban J connectivity index is 0.000000198. The van der Waals surface area contributed by atoms with Gasteiger partial charge in [-0.2, -0.15) is 0 Å². The second-order valence-electron chi connectivity index (χ2n) is 9.28. The minimum Gasteiger partial charge on any atom is -0.391 e. The number of aliphatic hydroxyl groups is 1. The predicted octanol–water partition coefficient (Wildman–Crippen LogP) is 4.07. The van der Waals surface area contributed by atoms with Crippen LogP contribution in [0.3, 0.4) is 0 Å². The fourth-order valence-corrected chi connectivity index (χ4v) is 5.08. The van der Waals surface area contributed by atoms with Crippen molar-refractivity contribution in [3.05, 3.63) is 58.6 Å². The van der Waals surface area contributed by atoms with Gasteiger partial charge in [0.25, 0.3) is 0 Å². The zero-order valence-electron chi connectivity index (χ0n) is 20.9. The fourth-order valence-electron chi connectivity index (χ4n) is 4.27. The summed E-state index contributed by atoms with van der Waals surface area (Å²) in [5.41, 5.74) is 5.96. The highest BCUT2D eigenvalue weighted by molar-refractivity contribution is 7.13. The second-order valence-corrected chi connectivity index (χ2v) is 10.1. The Labute approximate surface area is 210 Å². The molecule has 3 atom stereocenters. The molecule has 2 N–H and O–H groups in total. The zero-order chi connectivity index (χ0) is 25.5. The molecule has 9 heteroatoms. The Morgan fingerprint density at radius 2 is 2.03 bits per heavy atom. The maximum Gasteiger partial charge on any atom is 0.234 e. The van der Waals surface area contributed by atoms with Crippen LogP contribution in [-0.2, 0) is 16.1 Å². The molecule has 1 aliphatic rings. The first-order valence-electron chi connectivity index (χ1n) is 11.8. The largest absolute Gasteiger partial charge is 0.391 e. The third-order valence-corrected chi connectivity index (χ3v) is 7.05. The quantitative estimate of drug-likeness (QED) is 0.476. The van der Waals surface area contributed by atoms with E-state index in [0.29, 0.717) is 31.7 Å². The van der Waals surface area contributed by atoms with Gasteiger partial charge in [-0.3, -0.25) is 9.59 Å². The predicted molar refractivity (Wildman–Crippen MR) is 136 cm³/mol. The molecule has 188 valence electrons. The lowest BCUT2D eigenvalue weighted by Gasteiger charge is -2.27. The first-order valence-corrected chi connectivity index (χ1v) is 12.7. The van der Waals surface area contributed by atoms with Gasteiger partial charge in [0, 0.05) is 25.2 Å². The van der Waals surface area contributed by atoms with Crippen molar-refractivity contribution in [2.24, 2.45) is 5.92 Å². The average Bonchev–Trinajstić information content (AvgIpc) is 3.53. The van der Waals surface area contributed by atoms with E-state index in [2.05, 4.69) is 27.6 Å². The summed E-state index contributed by atoms with van der Waals surface area (Å²) in [5.74, 6) is 0.444. The lowest BCUT2D eigenvalue weighted by molar-refractivity contribution is -0.135. The number of nitrogens with zero attached hydrogens (tertiary/aromatic N) is 3. The number of hydrogen-bond acceptors (Lipinski definition) is 7. The number of thiazole rings is 1. The molecule has 0 spiro atoms. The van der Waals surface area contributed by atoms with Crippen LogP contribution >= 0.6 is 11.3 Å². The molecule has 1 aromatic carbocycles. The Bertz CT molecular complexity index is 1110. The van der Waals surface area contributed by atoms with Crippen molar-refractivity contribution in [1.82, 2.24) is 20.4 Å². The van der Waals surface area contributed by atoms with Crippen molar-refractivity contribution in [2.75, 3.05) is 6.54 Å². The van der Waals surface area contributed by atoms with Gasteiger partial charge in [-0.1, -0.05) is 43.3 Å². The van der Waals surface area contributed by atoms with Gasteiger partial charge in [0.05, 0.1) is 27.9 Å². The van der Waals surface area contributed by atoms with Crippen molar-refractivity contribution in [3.63, 3.8) is 0 Å². The SMILES string of the molecule is Cc1cc(C(C(=O)N2CC(O)CC2C)C(C)C)on1.Cc1ncsc1-c1ccc(CNC=O)cc1. The topological polar surface area (TPSA) is 109 Å². The van der Waals surface area contributed by atoms with Crippen LogP contribution in [0.2, 0.25) is 0 Å². The van der Waals surface area contributed by atoms with Crippen LogP contribution in [0.1, 0.15) is 55.8 Å². The number of amides is 2. The summed E-state index contributed by atoms with van der Waals surface area (Å²) in [6.07, 6.45) is 0.941. The number of benzene rings is 1. The second kappa shape index (κ2) is 12.1. The number of aliphatic hydroxyl groups excluding tert-OH is 1. The van der Waals surface area contributed by atoms with Gasteiger partial charge in [-0.25, -0.2) is 4.98 Å². The molecule has 0 bridgehead atoms. The summed E-state index contributed by atoms with van der Waals surface area (Å²) in [6.45, 7) is 10.8. The van der Waals surface area contributed by atoms with Crippen molar-refractivity contribution in [1.29, 1.82) is 0 Å². The molecule has 1 saturated heterocycles. The monoisotopic (exact) mass is 498 g/mol. The standard InChI is InChI=1S/C14H22N2O3.C12H12N2OS/c1-8(2)13(12-5-9(3)15-19-12)14(18)16-7-11(17)6-10(16)4;1-9-12(16-8-14-9)11-4-2-10(3-5-11)6-13-7-15/h5,8,10-11,13,17H,6-7H2,1-4H3;2-5,7-8H,6H2,1H3,(H,13,15). The molecule has 0 saturated carbocycles. The minimum atomic E-state index is -0.414. The van der Waals surface area contributed by atoms with Gasteiger partial charge >= 0.3 is 0 Å². The number of likely N-dealkylation sites (tertiary alicyclic amines) is 1. The molecule has 8 nitrogen and oxygen atoms in total. The van der Waals surface area contributed by atoms with E-state index < -0.39 is 6.10 Å². The maximum atomic E-state index is 12.7. The molecule has 35 heavy (non-hydrogen) atoms. The van der Waals surface area contributed by atoms with Gasteiger partial charge < -0.3 is 19.8 Å². The Kier molecular flexibility index (Phi) is 9.17. The highest BCUT2D eigenvalue weighted by Gasteiger charge is 2.38. The summed E-state index contributed by atoms with van der Waals surface area (Å²) in [6, 6.07) is 10.0. The summed E-state index contributed by atoms with van der Waals surface area (Å²) < 4.78 is 5.27. The molecule has 2 aromatic heterocycles. The summed E-state index contributed by atoms with van der Waals surface area (Å²) >= 11 is 1.64. The van der Waals surface area contributed by atoms with Gasteiger partial charge in [-0.05, 0) is 44.2 Å². The lowest BCUT2D eigenvalue weighted by Crippen LogP contribution is -2.39. The number of β-amino-alcohol motifs (C(OH)–C–C–N with tert-alkyl or cyclic N) is 1. The number of nitrogens with one attached hydrogen (secondary N) is 1. The van der Waals surface area contributed by atoms with Crippen LogP contribution in [-0.4, -0.2) is 51.2 Å². The van der Waals surface area contributed by atoms with Gasteiger partial charge in [-0.15, -0.1) is 11.3 Å². The summed E-state index contributed by atoms with van der Waals surface area (Å²) in [4.78, 5) is 30.0. The van der Waals surface area contributed by atoms with Gasteiger partial charge in [0.15, 0.2) is 0 Å². The number of aryl methyl sites for hydroxylation is 2. The van der Waals surface area contributed by atoms with E-state index in [1.54, 1.807) is 16.2 Å². The zero-order valence-corrected chi connectivity index (χ0v) is 21.7. The molecule has 2 amide bonds. The van der Waals surface area contributed by atoms with Crippen molar-refractivity contribution >= 4 is 23.7 Å². The third kappa shape index (κ3) is 6.76. The normalized spacial score (nSPS) is 18.2. The Morgan fingerprint density at radius 1 is 1.31 bits per heavy atom. The van der Waals surface area contributed by atoms with Crippen molar-refractivity contribution in [3.8, 4) is 10.4 Å². The molecule has 0 aliphatic carbocycles. The van der Waals surface area contributed by atoms with E-state index >= 15 is 0 Å². The van der Waals surface area contributed by atoms with Crippen LogP contribution in [0.4, 0.5) is 0 Å². The van der Waals surface area contributed by atoms with E-state index in [9.17, 15) is 14.7 Å². The summed E-state index contributed by atoms with van der Waals surface area (Å²) in [5, 5.41) is 16.2. The van der Waals surface area contributed by atoms with E-state index in [4.69, 9.17) is 4.52 Å². The van der Waals surface area contributed by atoms with E-state index in [1.807, 2.05) is 58.3 Å². The van der Waals surface area contributed by atoms with Crippen LogP contribution in [0.25, 0.3) is 10.4 Å². The van der Waals surface area contributed by atoms with E-state index in [0.717, 1.165) is 17.0 Å². The molecular formula is C26H34N4O4S. The van der Waals surface area contributed by atoms with Gasteiger partial charge in [0.2, 0.25) is 12.3 Å². The van der Waals surface area contributed by atoms with Crippen LogP contribution in [0, 0.1) is 19.8 Å². The Morgan fingerprint density at radius 3 is 2.51 bits per heavy atom. The van der Waals surface area contributed by atoms with Gasteiger partial charge in [0.1, 0.15) is 11.7 Å². The molecule has 3 aromatic rings. The molecular weight excluding hydrogens is 464 g/mol. The number of carbonyl (C=O) groups excluding carboxylic acids is 2. The number of rotatable bonds is 7. The minimum absolute atomic E-state index is 0.0233. The van der Waals surface area contributed by atoms with E-state index in [-0.39, 0.29) is 23.8 Å². The molecule has 3 heterocycles. The smallest absolute Gasteiger partial charge is 0.234 e. The maximum absolute atomic E-state index is 12.7. The molecule has 1 fully saturated rings. The molecule has 1 aliphatic heterocycles. The highest BCUT2D eigenvalue weighted by atomic mass is 32.1. The van der Waals surface area contributed by atoms with Crippen molar-refractivity contribution < 1.29 is 19.2 Å².